The van der Waals surface area contributed by atoms with E-state index in [0.717, 1.165) is 31.6 Å². The van der Waals surface area contributed by atoms with Crippen LogP contribution in [0.5, 0.6) is 17.5 Å². The first-order valence-electron chi connectivity index (χ1n) is 10.6. The molecule has 1 unspecified atom stereocenters. The summed E-state index contributed by atoms with van der Waals surface area (Å²) in [6.45, 7) is 2.76. The number of anilines is 2. The van der Waals surface area contributed by atoms with Crippen LogP contribution in [0.1, 0.15) is 12.0 Å². The summed E-state index contributed by atoms with van der Waals surface area (Å²) in [6.07, 6.45) is -2.07. The molecule has 2 aromatic carbocycles. The van der Waals surface area contributed by atoms with E-state index in [0.29, 0.717) is 24.7 Å². The van der Waals surface area contributed by atoms with Gasteiger partial charge in [0.05, 0.1) is 29.9 Å². The summed E-state index contributed by atoms with van der Waals surface area (Å²) in [5, 5.41) is 6.57. The highest BCUT2D eigenvalue weighted by Crippen LogP contribution is 2.35. The van der Waals surface area contributed by atoms with E-state index >= 15 is 0 Å². The second-order valence-corrected chi connectivity index (χ2v) is 7.86. The highest BCUT2D eigenvalue weighted by atomic mass is 35.5. The molecule has 1 fully saturated rings. The Morgan fingerprint density at radius 3 is 2.82 bits per heavy atom. The topological polar surface area (TPSA) is 77.5 Å². The van der Waals surface area contributed by atoms with Crippen LogP contribution in [-0.2, 0) is 10.9 Å². The third-order valence-corrected chi connectivity index (χ3v) is 5.20. The molecule has 3 aromatic rings. The monoisotopic (exact) mass is 494 g/mol. The van der Waals surface area contributed by atoms with Crippen LogP contribution >= 0.6 is 11.6 Å². The van der Waals surface area contributed by atoms with E-state index in [4.69, 9.17) is 25.8 Å². The Hall–Kier alpha value is -3.08. The maximum absolute atomic E-state index is 12.9. The van der Waals surface area contributed by atoms with Gasteiger partial charge in [-0.15, -0.1) is 0 Å². The van der Waals surface area contributed by atoms with Crippen LogP contribution in [-0.4, -0.2) is 42.4 Å². The molecule has 4 rings (SSSR count). The van der Waals surface area contributed by atoms with Crippen molar-refractivity contribution < 1.29 is 27.4 Å². The Morgan fingerprint density at radius 1 is 1.18 bits per heavy atom. The van der Waals surface area contributed by atoms with Crippen molar-refractivity contribution in [3.05, 3.63) is 65.3 Å². The highest BCUT2D eigenvalue weighted by Gasteiger charge is 2.30. The van der Waals surface area contributed by atoms with Gasteiger partial charge in [-0.1, -0.05) is 17.7 Å². The van der Waals surface area contributed by atoms with Crippen molar-refractivity contribution >= 4 is 23.1 Å². The molecule has 1 aliphatic heterocycles. The van der Waals surface area contributed by atoms with Crippen LogP contribution in [0.2, 0.25) is 5.02 Å². The average Bonchev–Trinajstić information content (AvgIpc) is 2.82. The van der Waals surface area contributed by atoms with Crippen molar-refractivity contribution in [1.29, 1.82) is 0 Å². The number of halogens is 4. The van der Waals surface area contributed by atoms with Gasteiger partial charge >= 0.3 is 12.2 Å². The quantitative estimate of drug-likeness (QED) is 0.431. The fourth-order valence-electron chi connectivity index (χ4n) is 3.24. The number of hydrogen-bond donors (Lipinski definition) is 2. The van der Waals surface area contributed by atoms with Crippen LogP contribution in [0.25, 0.3) is 0 Å². The van der Waals surface area contributed by atoms with Crippen LogP contribution in [0.4, 0.5) is 24.7 Å². The lowest BCUT2D eigenvalue weighted by Gasteiger charge is -2.23. The van der Waals surface area contributed by atoms with Gasteiger partial charge in [0, 0.05) is 31.4 Å². The molecule has 7 nitrogen and oxygen atoms in total. The Morgan fingerprint density at radius 2 is 2.06 bits per heavy atom. The molecule has 1 saturated heterocycles. The summed E-state index contributed by atoms with van der Waals surface area (Å²) in [5.41, 5.74) is -0.197. The number of morpholine rings is 1. The number of nitrogens with one attached hydrogen (secondary N) is 2. The van der Waals surface area contributed by atoms with Crippen molar-refractivity contribution in [2.24, 2.45) is 0 Å². The Labute approximate surface area is 199 Å². The Bertz CT molecular complexity index is 1110. The third kappa shape index (κ3) is 6.72. The maximum Gasteiger partial charge on any atom is 0.416 e. The zero-order valence-corrected chi connectivity index (χ0v) is 18.7. The zero-order chi connectivity index (χ0) is 24.0. The van der Waals surface area contributed by atoms with Gasteiger partial charge in [-0.05, 0) is 42.5 Å². The van der Waals surface area contributed by atoms with Crippen molar-refractivity contribution in [1.82, 2.24) is 15.3 Å². The van der Waals surface area contributed by atoms with E-state index < -0.39 is 11.7 Å². The van der Waals surface area contributed by atoms with Gasteiger partial charge in [0.1, 0.15) is 17.3 Å². The standard InChI is InChI=1S/C23H22ClF3N4O3/c24-19-13-16(4-5-20(19)34-17-3-1-2-15(12-17)23(25,26)27)30-21-6-8-29-22(31-21)33-10-7-18-14-28-9-11-32-18/h1-6,8,12-13,18,28H,7,9-11,14H2,(H,29,30,31). The van der Waals surface area contributed by atoms with Crippen LogP contribution in [0.15, 0.2) is 54.7 Å². The predicted molar refractivity (Wildman–Crippen MR) is 121 cm³/mol. The molecule has 0 radical (unpaired) electrons. The molecule has 0 saturated carbocycles. The van der Waals surface area contributed by atoms with E-state index in [2.05, 4.69) is 20.6 Å². The average molecular weight is 495 g/mol. The first-order chi connectivity index (χ1) is 16.4. The number of benzene rings is 2. The van der Waals surface area contributed by atoms with Gasteiger partial charge < -0.3 is 24.8 Å². The number of nitrogens with zero attached hydrogens (tertiary/aromatic N) is 2. The van der Waals surface area contributed by atoms with E-state index in [1.165, 1.54) is 12.1 Å². The summed E-state index contributed by atoms with van der Waals surface area (Å²) >= 11 is 6.29. The van der Waals surface area contributed by atoms with Crippen LogP contribution in [0, 0.1) is 0 Å². The summed E-state index contributed by atoms with van der Waals surface area (Å²) in [5.74, 6) is 0.741. The lowest BCUT2D eigenvalue weighted by Crippen LogP contribution is -2.39. The molecule has 2 heterocycles. The van der Waals surface area contributed by atoms with Gasteiger partial charge in [-0.25, -0.2) is 4.98 Å². The smallest absolute Gasteiger partial charge is 0.416 e. The molecule has 34 heavy (non-hydrogen) atoms. The molecular weight excluding hydrogens is 473 g/mol. The molecule has 180 valence electrons. The first kappa shape index (κ1) is 24.1. The highest BCUT2D eigenvalue weighted by molar-refractivity contribution is 6.32. The van der Waals surface area contributed by atoms with Gasteiger partial charge in [-0.2, -0.15) is 18.2 Å². The van der Waals surface area contributed by atoms with E-state index in [-0.39, 0.29) is 28.6 Å². The van der Waals surface area contributed by atoms with Crippen molar-refractivity contribution in [2.75, 3.05) is 31.6 Å². The van der Waals surface area contributed by atoms with Crippen LogP contribution in [0.3, 0.4) is 0 Å². The maximum atomic E-state index is 12.9. The Balaban J connectivity index is 1.35. The van der Waals surface area contributed by atoms with Gasteiger partial charge in [0.25, 0.3) is 0 Å². The molecule has 1 atom stereocenters. The molecule has 0 aliphatic carbocycles. The third-order valence-electron chi connectivity index (χ3n) is 4.90. The number of alkyl halides is 3. The number of hydrogen-bond acceptors (Lipinski definition) is 7. The molecule has 2 N–H and O–H groups in total. The number of rotatable bonds is 8. The molecular formula is C23H22ClF3N4O3. The minimum absolute atomic E-state index is 0.0319. The van der Waals surface area contributed by atoms with E-state index in [1.807, 2.05) is 0 Å². The minimum atomic E-state index is -4.46. The second-order valence-electron chi connectivity index (χ2n) is 7.46. The second kappa shape index (κ2) is 10.9. The largest absolute Gasteiger partial charge is 0.463 e. The first-order valence-corrected chi connectivity index (χ1v) is 10.9. The number of aromatic nitrogens is 2. The van der Waals surface area contributed by atoms with Crippen molar-refractivity contribution in [3.8, 4) is 17.5 Å². The van der Waals surface area contributed by atoms with Gasteiger partial charge in [0.2, 0.25) is 0 Å². The predicted octanol–water partition coefficient (Wildman–Crippen LogP) is 5.44. The van der Waals surface area contributed by atoms with Crippen molar-refractivity contribution in [2.45, 2.75) is 18.7 Å². The van der Waals surface area contributed by atoms with E-state index in [1.54, 1.807) is 30.5 Å². The van der Waals surface area contributed by atoms with Crippen molar-refractivity contribution in [3.63, 3.8) is 0 Å². The molecule has 0 bridgehead atoms. The Kier molecular flexibility index (Phi) is 7.71. The lowest BCUT2D eigenvalue weighted by molar-refractivity contribution is -0.137. The fourth-order valence-corrected chi connectivity index (χ4v) is 3.46. The summed E-state index contributed by atoms with van der Waals surface area (Å²) in [4.78, 5) is 8.43. The zero-order valence-electron chi connectivity index (χ0n) is 17.9. The molecule has 0 spiro atoms. The molecule has 0 amide bonds. The normalized spacial score (nSPS) is 16.2. The molecule has 11 heteroatoms. The fraction of sp³-hybridized carbons (Fsp3) is 0.304. The lowest BCUT2D eigenvalue weighted by atomic mass is 10.2. The van der Waals surface area contributed by atoms with Crippen LogP contribution < -0.4 is 20.1 Å². The van der Waals surface area contributed by atoms with Gasteiger partial charge in [-0.3, -0.25) is 0 Å². The van der Waals surface area contributed by atoms with Gasteiger partial charge in [0.15, 0.2) is 0 Å². The molecule has 1 aromatic heterocycles. The summed E-state index contributed by atoms with van der Waals surface area (Å²) < 4.78 is 55.5. The minimum Gasteiger partial charge on any atom is -0.463 e. The summed E-state index contributed by atoms with van der Waals surface area (Å²) in [7, 11) is 0. The SMILES string of the molecule is FC(F)(F)c1cccc(Oc2ccc(Nc3ccnc(OCCC4CNCCO4)n3)cc2Cl)c1. The number of ether oxygens (including phenoxy) is 3. The van der Waals surface area contributed by atoms with E-state index in [9.17, 15) is 13.2 Å². The summed E-state index contributed by atoms with van der Waals surface area (Å²) in [6, 6.07) is 11.3. The molecule has 1 aliphatic rings.